The van der Waals surface area contributed by atoms with Crippen LogP contribution >= 0.6 is 34.5 Å². The molecule has 24 heavy (non-hydrogen) atoms. The fourth-order valence-electron chi connectivity index (χ4n) is 2.36. The van der Waals surface area contributed by atoms with Gasteiger partial charge in [-0.15, -0.1) is 11.3 Å². The van der Waals surface area contributed by atoms with Gasteiger partial charge in [0.2, 0.25) is 5.91 Å². The highest BCUT2D eigenvalue weighted by Crippen LogP contribution is 2.24. The van der Waals surface area contributed by atoms with Crippen LogP contribution in [0, 0.1) is 0 Å². The van der Waals surface area contributed by atoms with Crippen LogP contribution in [0.25, 0.3) is 10.9 Å². The number of nitrogens with one attached hydrogen (secondary N) is 1. The molecule has 5 nitrogen and oxygen atoms in total. The predicted octanol–water partition coefficient (Wildman–Crippen LogP) is 3.64. The number of aromatic nitrogens is 2. The van der Waals surface area contributed by atoms with Crippen molar-refractivity contribution in [2.75, 3.05) is 0 Å². The summed E-state index contributed by atoms with van der Waals surface area (Å²) in [5.74, 6) is -0.271. The summed E-state index contributed by atoms with van der Waals surface area (Å²) in [6.07, 6.45) is 1.32. The molecular formula is C16H13Cl2N3O2S. The van der Waals surface area contributed by atoms with E-state index in [4.69, 9.17) is 23.2 Å². The number of hydrogen-bond donors (Lipinski definition) is 1. The van der Waals surface area contributed by atoms with Gasteiger partial charge in [-0.3, -0.25) is 14.2 Å². The standard InChI is InChI=1S/C16H13Cl2N3O2S/c1-9(13-3-2-4-24-13)20-14(22)7-21-8-19-15-11(16(21)23)5-10(17)6-12(15)18/h2-6,8-9H,7H2,1H3,(H,20,22). The molecule has 124 valence electrons. The summed E-state index contributed by atoms with van der Waals surface area (Å²) in [5.41, 5.74) is 0.0120. The number of fused-ring (bicyclic) bond motifs is 1. The van der Waals surface area contributed by atoms with Crippen LogP contribution in [0.2, 0.25) is 10.0 Å². The van der Waals surface area contributed by atoms with Crippen molar-refractivity contribution >= 4 is 51.3 Å². The molecule has 1 N–H and O–H groups in total. The number of rotatable bonds is 4. The smallest absolute Gasteiger partial charge is 0.261 e. The minimum Gasteiger partial charge on any atom is -0.347 e. The van der Waals surface area contributed by atoms with Gasteiger partial charge in [0.05, 0.1) is 28.3 Å². The van der Waals surface area contributed by atoms with Gasteiger partial charge in [-0.05, 0) is 30.5 Å². The van der Waals surface area contributed by atoms with Crippen molar-refractivity contribution in [3.63, 3.8) is 0 Å². The third-order valence-electron chi connectivity index (χ3n) is 3.51. The van der Waals surface area contributed by atoms with Gasteiger partial charge in [0, 0.05) is 9.90 Å². The molecule has 8 heteroatoms. The Morgan fingerprint density at radius 2 is 2.21 bits per heavy atom. The Hall–Kier alpha value is -1.89. The van der Waals surface area contributed by atoms with Crippen LogP contribution in [0.4, 0.5) is 0 Å². The van der Waals surface area contributed by atoms with Crippen LogP contribution < -0.4 is 10.9 Å². The number of carbonyl (C=O) groups is 1. The van der Waals surface area contributed by atoms with Gasteiger partial charge < -0.3 is 5.32 Å². The SMILES string of the molecule is CC(NC(=O)Cn1cnc2c(Cl)cc(Cl)cc2c1=O)c1cccs1. The van der Waals surface area contributed by atoms with Gasteiger partial charge >= 0.3 is 0 Å². The highest BCUT2D eigenvalue weighted by Gasteiger charge is 2.14. The summed E-state index contributed by atoms with van der Waals surface area (Å²) in [6, 6.07) is 6.78. The normalized spacial score (nSPS) is 12.3. The third-order valence-corrected chi connectivity index (χ3v) is 5.07. The molecule has 0 aliphatic carbocycles. The van der Waals surface area contributed by atoms with Crippen LogP contribution in [-0.4, -0.2) is 15.5 Å². The first-order valence-corrected chi connectivity index (χ1v) is 8.76. The Kier molecular flexibility index (Phi) is 4.89. The molecule has 0 spiro atoms. The maximum absolute atomic E-state index is 12.5. The van der Waals surface area contributed by atoms with Crippen molar-refractivity contribution in [2.45, 2.75) is 19.5 Å². The lowest BCUT2D eigenvalue weighted by Crippen LogP contribution is -2.33. The van der Waals surface area contributed by atoms with E-state index in [1.54, 1.807) is 11.3 Å². The Morgan fingerprint density at radius 1 is 1.42 bits per heavy atom. The largest absolute Gasteiger partial charge is 0.347 e. The van der Waals surface area contributed by atoms with Crippen molar-refractivity contribution in [1.82, 2.24) is 14.9 Å². The van der Waals surface area contributed by atoms with Gasteiger partial charge in [-0.1, -0.05) is 29.3 Å². The second kappa shape index (κ2) is 6.93. The van der Waals surface area contributed by atoms with E-state index in [-0.39, 0.29) is 29.4 Å². The van der Waals surface area contributed by atoms with Crippen LogP contribution in [0.3, 0.4) is 0 Å². The molecule has 2 heterocycles. The van der Waals surface area contributed by atoms with E-state index in [1.165, 1.54) is 23.0 Å². The minimum absolute atomic E-state index is 0.120. The molecule has 0 saturated carbocycles. The predicted molar refractivity (Wildman–Crippen MR) is 96.9 cm³/mol. The highest BCUT2D eigenvalue weighted by atomic mass is 35.5. The Labute approximate surface area is 151 Å². The first-order chi connectivity index (χ1) is 11.5. The number of carbonyl (C=O) groups excluding carboxylic acids is 1. The van der Waals surface area contributed by atoms with Crippen molar-refractivity contribution in [3.05, 3.63) is 61.2 Å². The van der Waals surface area contributed by atoms with Crippen LogP contribution in [0.15, 0.2) is 40.8 Å². The quantitative estimate of drug-likeness (QED) is 0.749. The second-order valence-corrected chi connectivity index (χ2v) is 7.09. The highest BCUT2D eigenvalue weighted by molar-refractivity contribution is 7.10. The van der Waals surface area contributed by atoms with Gasteiger partial charge in [-0.25, -0.2) is 4.98 Å². The molecule has 1 atom stereocenters. The van der Waals surface area contributed by atoms with E-state index in [0.717, 1.165) is 4.88 Å². The summed E-state index contributed by atoms with van der Waals surface area (Å²) >= 11 is 13.5. The Morgan fingerprint density at radius 3 is 2.92 bits per heavy atom. The maximum Gasteiger partial charge on any atom is 0.261 e. The van der Waals surface area contributed by atoms with Gasteiger partial charge in [0.15, 0.2) is 0 Å². The molecule has 3 aromatic rings. The lowest BCUT2D eigenvalue weighted by Gasteiger charge is -2.13. The molecule has 0 saturated heterocycles. The number of benzene rings is 1. The number of hydrogen-bond acceptors (Lipinski definition) is 4. The van der Waals surface area contributed by atoms with E-state index in [2.05, 4.69) is 10.3 Å². The molecule has 2 aromatic heterocycles. The zero-order chi connectivity index (χ0) is 17.3. The maximum atomic E-state index is 12.5. The minimum atomic E-state index is -0.358. The van der Waals surface area contributed by atoms with Crippen LogP contribution in [-0.2, 0) is 11.3 Å². The molecule has 3 rings (SSSR count). The van der Waals surface area contributed by atoms with E-state index in [9.17, 15) is 9.59 Å². The summed E-state index contributed by atoms with van der Waals surface area (Å²) < 4.78 is 1.24. The zero-order valence-electron chi connectivity index (χ0n) is 12.6. The third kappa shape index (κ3) is 3.45. The van der Waals surface area contributed by atoms with Crippen molar-refractivity contribution in [3.8, 4) is 0 Å². The number of amides is 1. The molecular weight excluding hydrogens is 369 g/mol. The Bertz CT molecular complexity index is 954. The van der Waals surface area contributed by atoms with Gasteiger partial charge in [0.25, 0.3) is 5.56 Å². The molecule has 0 radical (unpaired) electrons. The lowest BCUT2D eigenvalue weighted by molar-refractivity contribution is -0.122. The lowest BCUT2D eigenvalue weighted by atomic mass is 10.2. The summed E-state index contributed by atoms with van der Waals surface area (Å²) in [4.78, 5) is 29.9. The van der Waals surface area contributed by atoms with Crippen molar-refractivity contribution in [1.29, 1.82) is 0 Å². The molecule has 1 aromatic carbocycles. The Balaban J connectivity index is 1.84. The van der Waals surface area contributed by atoms with E-state index in [1.807, 2.05) is 24.4 Å². The topological polar surface area (TPSA) is 64.0 Å². The number of thiophene rings is 1. The molecule has 1 amide bonds. The van der Waals surface area contributed by atoms with Gasteiger partial charge in [-0.2, -0.15) is 0 Å². The van der Waals surface area contributed by atoms with E-state index in [0.29, 0.717) is 15.6 Å². The summed E-state index contributed by atoms with van der Waals surface area (Å²) in [5, 5.41) is 5.74. The zero-order valence-corrected chi connectivity index (χ0v) is 15.0. The van der Waals surface area contributed by atoms with Crippen molar-refractivity contribution in [2.24, 2.45) is 0 Å². The first kappa shape index (κ1) is 17.0. The molecule has 0 fully saturated rings. The van der Waals surface area contributed by atoms with Crippen molar-refractivity contribution < 1.29 is 4.79 Å². The average Bonchev–Trinajstić information content (AvgIpc) is 3.05. The van der Waals surface area contributed by atoms with E-state index < -0.39 is 0 Å². The molecule has 0 bridgehead atoms. The monoisotopic (exact) mass is 381 g/mol. The fourth-order valence-corrected chi connectivity index (χ4v) is 3.63. The van der Waals surface area contributed by atoms with Gasteiger partial charge in [0.1, 0.15) is 6.54 Å². The van der Waals surface area contributed by atoms with E-state index >= 15 is 0 Å². The molecule has 0 aliphatic rings. The number of halogens is 2. The summed E-state index contributed by atoms with van der Waals surface area (Å²) in [7, 11) is 0. The average molecular weight is 382 g/mol. The number of nitrogens with zero attached hydrogens (tertiary/aromatic N) is 2. The summed E-state index contributed by atoms with van der Waals surface area (Å²) in [6.45, 7) is 1.77. The van der Waals surface area contributed by atoms with Crippen LogP contribution in [0.1, 0.15) is 17.8 Å². The first-order valence-electron chi connectivity index (χ1n) is 7.12. The second-order valence-electron chi connectivity index (χ2n) is 5.27. The molecule has 1 unspecified atom stereocenters. The fraction of sp³-hybridized carbons (Fsp3) is 0.188. The van der Waals surface area contributed by atoms with Crippen LogP contribution in [0.5, 0.6) is 0 Å². The molecule has 0 aliphatic heterocycles.